The minimum atomic E-state index is 0.0626. The van der Waals surface area contributed by atoms with Crippen molar-refractivity contribution in [3.05, 3.63) is 29.8 Å². The second-order valence-corrected chi connectivity index (χ2v) is 7.08. The van der Waals surface area contributed by atoms with Crippen molar-refractivity contribution in [1.29, 1.82) is 0 Å². The van der Waals surface area contributed by atoms with Gasteiger partial charge in [0.2, 0.25) is 0 Å². The number of rotatable bonds is 7. The number of hydrogen-bond donors (Lipinski definition) is 1. The second kappa shape index (κ2) is 10.5. The molecule has 1 aromatic carbocycles. The third-order valence-electron chi connectivity index (χ3n) is 5.36. The van der Waals surface area contributed by atoms with Crippen molar-refractivity contribution >= 4 is 6.03 Å². The van der Waals surface area contributed by atoms with Crippen molar-refractivity contribution in [1.82, 2.24) is 20.0 Å². The third kappa shape index (κ3) is 6.09. The number of urea groups is 1. The number of carbonyl (C=O) groups is 1. The first kappa shape index (κ1) is 19.9. The molecule has 0 radical (unpaired) electrons. The van der Waals surface area contributed by atoms with Crippen LogP contribution in [-0.4, -0.2) is 100.0 Å². The van der Waals surface area contributed by atoms with Crippen LogP contribution in [0.3, 0.4) is 0 Å². The molecule has 2 saturated heterocycles. The van der Waals surface area contributed by atoms with Gasteiger partial charge in [0.05, 0.1) is 20.3 Å². The number of morpholine rings is 1. The van der Waals surface area contributed by atoms with Crippen molar-refractivity contribution in [2.75, 3.05) is 79.2 Å². The highest BCUT2D eigenvalue weighted by atomic mass is 16.5. The molecule has 2 aliphatic rings. The van der Waals surface area contributed by atoms with E-state index in [0.29, 0.717) is 6.54 Å². The molecule has 2 aliphatic heterocycles. The van der Waals surface area contributed by atoms with Gasteiger partial charge in [0.1, 0.15) is 5.75 Å². The Labute approximate surface area is 162 Å². The van der Waals surface area contributed by atoms with Crippen molar-refractivity contribution in [2.45, 2.75) is 6.42 Å². The summed E-state index contributed by atoms with van der Waals surface area (Å²) in [6.45, 7) is 9.52. The Kier molecular flexibility index (Phi) is 7.74. The summed E-state index contributed by atoms with van der Waals surface area (Å²) in [5.41, 5.74) is 1.24. The molecule has 0 atom stereocenters. The SMILES string of the molecule is COc1ccccc1CCN1CCN(C(=O)NCCN2CCOCC2)CC1. The first-order chi connectivity index (χ1) is 13.3. The van der Waals surface area contributed by atoms with E-state index in [2.05, 4.69) is 27.2 Å². The van der Waals surface area contributed by atoms with Crippen LogP contribution in [0.5, 0.6) is 5.75 Å². The topological polar surface area (TPSA) is 57.3 Å². The van der Waals surface area contributed by atoms with E-state index in [9.17, 15) is 4.79 Å². The molecule has 7 nitrogen and oxygen atoms in total. The van der Waals surface area contributed by atoms with E-state index in [1.165, 1.54) is 5.56 Å². The zero-order valence-corrected chi connectivity index (χ0v) is 16.4. The Balaban J connectivity index is 1.32. The van der Waals surface area contributed by atoms with Gasteiger partial charge < -0.3 is 19.7 Å². The molecule has 0 aliphatic carbocycles. The maximum Gasteiger partial charge on any atom is 0.317 e. The monoisotopic (exact) mass is 376 g/mol. The Morgan fingerprint density at radius 2 is 1.74 bits per heavy atom. The summed E-state index contributed by atoms with van der Waals surface area (Å²) in [4.78, 5) is 19.0. The zero-order valence-electron chi connectivity index (χ0n) is 16.4. The molecule has 2 fully saturated rings. The largest absolute Gasteiger partial charge is 0.496 e. The molecule has 0 saturated carbocycles. The van der Waals surface area contributed by atoms with E-state index < -0.39 is 0 Å². The molecule has 27 heavy (non-hydrogen) atoms. The van der Waals surface area contributed by atoms with Crippen LogP contribution < -0.4 is 10.1 Å². The standard InChI is InChI=1S/C20H32N4O3/c1-26-19-5-3-2-4-18(19)6-8-22-10-12-24(13-11-22)20(25)21-7-9-23-14-16-27-17-15-23/h2-5H,6-17H2,1H3,(H,21,25). The summed E-state index contributed by atoms with van der Waals surface area (Å²) in [6, 6.07) is 8.24. The number of benzene rings is 1. The van der Waals surface area contributed by atoms with Crippen LogP contribution in [0.25, 0.3) is 0 Å². The lowest BCUT2D eigenvalue weighted by Crippen LogP contribution is -2.53. The summed E-state index contributed by atoms with van der Waals surface area (Å²) in [7, 11) is 1.72. The van der Waals surface area contributed by atoms with Gasteiger partial charge in [-0.2, -0.15) is 0 Å². The van der Waals surface area contributed by atoms with Crippen LogP contribution in [0.2, 0.25) is 0 Å². The number of nitrogens with zero attached hydrogens (tertiary/aromatic N) is 3. The smallest absolute Gasteiger partial charge is 0.317 e. The highest BCUT2D eigenvalue weighted by Gasteiger charge is 2.21. The highest BCUT2D eigenvalue weighted by Crippen LogP contribution is 2.18. The van der Waals surface area contributed by atoms with Gasteiger partial charge >= 0.3 is 6.03 Å². The average molecular weight is 377 g/mol. The Bertz CT molecular complexity index is 584. The lowest BCUT2D eigenvalue weighted by Gasteiger charge is -2.35. The molecule has 7 heteroatoms. The summed E-state index contributed by atoms with van der Waals surface area (Å²) < 4.78 is 10.8. The summed E-state index contributed by atoms with van der Waals surface area (Å²) in [5, 5.41) is 3.06. The summed E-state index contributed by atoms with van der Waals surface area (Å²) >= 11 is 0. The van der Waals surface area contributed by atoms with Gasteiger partial charge in [0.15, 0.2) is 0 Å². The molecule has 2 amide bonds. The number of piperazine rings is 1. The molecule has 1 N–H and O–H groups in total. The lowest BCUT2D eigenvalue weighted by molar-refractivity contribution is 0.0385. The molecule has 3 rings (SSSR count). The van der Waals surface area contributed by atoms with Gasteiger partial charge in [-0.3, -0.25) is 9.80 Å². The van der Waals surface area contributed by atoms with Crippen LogP contribution in [-0.2, 0) is 11.2 Å². The predicted octanol–water partition coefficient (Wildman–Crippen LogP) is 0.897. The minimum absolute atomic E-state index is 0.0626. The first-order valence-electron chi connectivity index (χ1n) is 9.93. The van der Waals surface area contributed by atoms with E-state index in [-0.39, 0.29) is 6.03 Å². The number of amides is 2. The van der Waals surface area contributed by atoms with Gasteiger partial charge in [0.25, 0.3) is 0 Å². The maximum absolute atomic E-state index is 12.3. The number of carbonyl (C=O) groups excluding carboxylic acids is 1. The van der Waals surface area contributed by atoms with E-state index in [0.717, 1.165) is 77.7 Å². The van der Waals surface area contributed by atoms with Crippen molar-refractivity contribution < 1.29 is 14.3 Å². The highest BCUT2D eigenvalue weighted by molar-refractivity contribution is 5.74. The van der Waals surface area contributed by atoms with Gasteiger partial charge in [-0.25, -0.2) is 4.79 Å². The van der Waals surface area contributed by atoms with Gasteiger partial charge in [0, 0.05) is 58.9 Å². The van der Waals surface area contributed by atoms with E-state index in [4.69, 9.17) is 9.47 Å². The third-order valence-corrected chi connectivity index (χ3v) is 5.36. The van der Waals surface area contributed by atoms with Gasteiger partial charge in [-0.1, -0.05) is 18.2 Å². The van der Waals surface area contributed by atoms with Crippen LogP contribution >= 0.6 is 0 Å². The fourth-order valence-corrected chi connectivity index (χ4v) is 3.62. The number of nitrogens with one attached hydrogen (secondary N) is 1. The number of hydrogen-bond acceptors (Lipinski definition) is 5. The van der Waals surface area contributed by atoms with Crippen LogP contribution in [0.15, 0.2) is 24.3 Å². The molecule has 0 aromatic heterocycles. The maximum atomic E-state index is 12.3. The first-order valence-corrected chi connectivity index (χ1v) is 9.93. The Morgan fingerprint density at radius 3 is 2.48 bits per heavy atom. The fraction of sp³-hybridized carbons (Fsp3) is 0.650. The van der Waals surface area contributed by atoms with Crippen molar-refractivity contribution in [3.8, 4) is 5.75 Å². The molecule has 2 heterocycles. The van der Waals surface area contributed by atoms with E-state index in [1.54, 1.807) is 7.11 Å². The Hall–Kier alpha value is -1.83. The Morgan fingerprint density at radius 1 is 1.04 bits per heavy atom. The fourth-order valence-electron chi connectivity index (χ4n) is 3.62. The molecule has 0 spiro atoms. The summed E-state index contributed by atoms with van der Waals surface area (Å²) in [5.74, 6) is 0.954. The molecular formula is C20H32N4O3. The number of ether oxygens (including phenoxy) is 2. The molecule has 1 aromatic rings. The molecular weight excluding hydrogens is 344 g/mol. The van der Waals surface area contributed by atoms with E-state index >= 15 is 0 Å². The lowest BCUT2D eigenvalue weighted by atomic mass is 10.1. The molecule has 0 bridgehead atoms. The minimum Gasteiger partial charge on any atom is -0.496 e. The van der Waals surface area contributed by atoms with Gasteiger partial charge in [-0.15, -0.1) is 0 Å². The van der Waals surface area contributed by atoms with Gasteiger partial charge in [-0.05, 0) is 18.1 Å². The normalized spacial score (nSPS) is 19.1. The predicted molar refractivity (Wildman–Crippen MR) is 105 cm³/mol. The second-order valence-electron chi connectivity index (χ2n) is 7.08. The molecule has 150 valence electrons. The number of para-hydroxylation sites is 1. The van der Waals surface area contributed by atoms with Crippen LogP contribution in [0, 0.1) is 0 Å². The quantitative estimate of drug-likeness (QED) is 0.766. The van der Waals surface area contributed by atoms with Crippen molar-refractivity contribution in [2.24, 2.45) is 0 Å². The van der Waals surface area contributed by atoms with Crippen molar-refractivity contribution in [3.63, 3.8) is 0 Å². The number of methoxy groups -OCH3 is 1. The van der Waals surface area contributed by atoms with Crippen LogP contribution in [0.1, 0.15) is 5.56 Å². The molecule has 0 unspecified atom stereocenters. The summed E-state index contributed by atoms with van der Waals surface area (Å²) in [6.07, 6.45) is 0.968. The average Bonchev–Trinajstić information content (AvgIpc) is 2.73. The van der Waals surface area contributed by atoms with E-state index in [1.807, 2.05) is 17.0 Å². The zero-order chi connectivity index (χ0) is 18.9. The van der Waals surface area contributed by atoms with Crippen LogP contribution in [0.4, 0.5) is 4.79 Å².